The van der Waals surface area contributed by atoms with Gasteiger partial charge >= 0.3 is 16.3 Å². The highest BCUT2D eigenvalue weighted by Gasteiger charge is 2.32. The summed E-state index contributed by atoms with van der Waals surface area (Å²) in [5.41, 5.74) is -0.821. The summed E-state index contributed by atoms with van der Waals surface area (Å²) in [4.78, 5) is 13.7. The highest BCUT2D eigenvalue weighted by atomic mass is 32.2. The molecular weight excluding hydrogens is 487 g/mol. The van der Waals surface area contributed by atoms with Gasteiger partial charge in [-0.3, -0.25) is 4.79 Å². The average Bonchev–Trinajstić information content (AvgIpc) is 3.53. The maximum Gasteiger partial charge on any atom is 0.416 e. The summed E-state index contributed by atoms with van der Waals surface area (Å²) in [6.07, 6.45) is -1.93. The van der Waals surface area contributed by atoms with Crippen molar-refractivity contribution in [3.05, 3.63) is 108 Å². The summed E-state index contributed by atoms with van der Waals surface area (Å²) in [7, 11) is -4.61. The van der Waals surface area contributed by atoms with Crippen LogP contribution in [-0.4, -0.2) is 19.2 Å². The highest BCUT2D eigenvalue weighted by molar-refractivity contribution is 7.87. The van der Waals surface area contributed by atoms with Crippen molar-refractivity contribution in [2.24, 2.45) is 0 Å². The first-order valence-corrected chi connectivity index (χ1v) is 11.6. The van der Waals surface area contributed by atoms with Gasteiger partial charge in [0, 0.05) is 5.56 Å². The van der Waals surface area contributed by atoms with Crippen molar-refractivity contribution >= 4 is 16.0 Å². The topological polar surface area (TPSA) is 90.0 Å². The van der Waals surface area contributed by atoms with Crippen molar-refractivity contribution in [3.63, 3.8) is 0 Å². The average molecular weight is 505 g/mol. The molecule has 0 radical (unpaired) electrons. The second kappa shape index (κ2) is 9.71. The molecule has 1 amide bonds. The third-order valence-corrected chi connectivity index (χ3v) is 6.16. The van der Waals surface area contributed by atoms with Crippen molar-refractivity contribution in [2.75, 3.05) is 0 Å². The molecule has 11 heteroatoms. The van der Waals surface area contributed by atoms with Crippen LogP contribution in [0.5, 0.6) is 5.75 Å². The van der Waals surface area contributed by atoms with Crippen molar-refractivity contribution < 1.29 is 39.4 Å². The highest BCUT2D eigenvalue weighted by Crippen LogP contribution is 2.32. The molecule has 0 aliphatic heterocycles. The molecule has 4 aromatic rings. The van der Waals surface area contributed by atoms with E-state index >= 15 is 0 Å². The zero-order chi connectivity index (χ0) is 25.1. The molecule has 0 aliphatic carbocycles. The SMILES string of the molecule is O=C(c1ccco1)N(Cc1ccco1)Cc1ccccc1OS(=O)(=O)c1cccc(C(F)(F)F)c1. The predicted octanol–water partition coefficient (Wildman–Crippen LogP) is 5.50. The molecule has 0 atom stereocenters. The number of hydrogen-bond acceptors (Lipinski definition) is 6. The zero-order valence-electron chi connectivity index (χ0n) is 17.9. The van der Waals surface area contributed by atoms with Crippen molar-refractivity contribution in [1.82, 2.24) is 4.90 Å². The normalized spacial score (nSPS) is 11.9. The van der Waals surface area contributed by atoms with Gasteiger partial charge in [0.15, 0.2) is 5.76 Å². The first kappa shape index (κ1) is 24.1. The Morgan fingerprint density at radius 2 is 1.63 bits per heavy atom. The third kappa shape index (κ3) is 5.75. The van der Waals surface area contributed by atoms with Gasteiger partial charge in [-0.05, 0) is 48.5 Å². The van der Waals surface area contributed by atoms with Crippen LogP contribution in [0.3, 0.4) is 0 Å². The number of benzene rings is 2. The molecule has 0 unspecified atom stereocenters. The van der Waals surface area contributed by atoms with Gasteiger partial charge in [-0.2, -0.15) is 21.6 Å². The van der Waals surface area contributed by atoms with E-state index in [-0.39, 0.29) is 24.6 Å². The van der Waals surface area contributed by atoms with E-state index in [9.17, 15) is 26.4 Å². The fraction of sp³-hybridized carbons (Fsp3) is 0.125. The molecule has 0 bridgehead atoms. The summed E-state index contributed by atoms with van der Waals surface area (Å²) in [6, 6.07) is 15.6. The number of carbonyl (C=O) groups excluding carboxylic acids is 1. The summed E-state index contributed by atoms with van der Waals surface area (Å²) >= 11 is 0. The Hall–Kier alpha value is -3.99. The number of amides is 1. The lowest BCUT2D eigenvalue weighted by atomic mass is 10.2. The molecule has 0 saturated heterocycles. The van der Waals surface area contributed by atoms with Crippen LogP contribution in [0.25, 0.3) is 0 Å². The minimum atomic E-state index is -4.72. The molecule has 182 valence electrons. The minimum Gasteiger partial charge on any atom is -0.467 e. The van der Waals surface area contributed by atoms with E-state index in [2.05, 4.69) is 0 Å². The van der Waals surface area contributed by atoms with Gasteiger partial charge in [-0.1, -0.05) is 24.3 Å². The second-order valence-electron chi connectivity index (χ2n) is 7.39. The van der Waals surface area contributed by atoms with E-state index in [1.54, 1.807) is 30.3 Å². The first-order chi connectivity index (χ1) is 16.6. The van der Waals surface area contributed by atoms with E-state index in [1.807, 2.05) is 0 Å². The van der Waals surface area contributed by atoms with Crippen molar-refractivity contribution in [1.29, 1.82) is 0 Å². The molecule has 2 aromatic carbocycles. The van der Waals surface area contributed by atoms with Gasteiger partial charge < -0.3 is 17.9 Å². The van der Waals surface area contributed by atoms with Crippen LogP contribution < -0.4 is 4.18 Å². The van der Waals surface area contributed by atoms with Gasteiger partial charge in [0.25, 0.3) is 5.91 Å². The Kier molecular flexibility index (Phi) is 6.70. The maximum absolute atomic E-state index is 13.0. The van der Waals surface area contributed by atoms with E-state index in [0.717, 1.165) is 18.2 Å². The quantitative estimate of drug-likeness (QED) is 0.294. The molecule has 0 aliphatic rings. The molecular formula is C24H18F3NO6S. The number of halogens is 3. The van der Waals surface area contributed by atoms with Crippen molar-refractivity contribution in [2.45, 2.75) is 24.2 Å². The number of hydrogen-bond donors (Lipinski definition) is 0. The Morgan fingerprint density at radius 1 is 0.886 bits per heavy atom. The smallest absolute Gasteiger partial charge is 0.416 e. The van der Waals surface area contributed by atoms with E-state index in [4.69, 9.17) is 13.0 Å². The predicted molar refractivity (Wildman–Crippen MR) is 117 cm³/mol. The summed E-state index contributed by atoms with van der Waals surface area (Å²) in [6.45, 7) is -0.0598. The number of carbonyl (C=O) groups is 1. The number of para-hydroxylation sites is 1. The zero-order valence-corrected chi connectivity index (χ0v) is 18.8. The summed E-state index contributed by atoms with van der Waals surface area (Å²) in [5, 5.41) is 0. The number of furan rings is 2. The van der Waals surface area contributed by atoms with Gasteiger partial charge in [0.1, 0.15) is 16.4 Å². The van der Waals surface area contributed by atoms with Crippen LogP contribution >= 0.6 is 0 Å². The summed E-state index contributed by atoms with van der Waals surface area (Å²) < 4.78 is 80.5. The largest absolute Gasteiger partial charge is 0.467 e. The van der Waals surface area contributed by atoms with Crippen LogP contribution in [0.1, 0.15) is 27.4 Å². The number of nitrogens with zero attached hydrogens (tertiary/aromatic N) is 1. The Labute approximate surface area is 198 Å². The van der Waals surface area contributed by atoms with Crippen LogP contribution in [0, 0.1) is 0 Å². The fourth-order valence-corrected chi connectivity index (χ4v) is 4.27. The maximum atomic E-state index is 13.0. The van der Waals surface area contributed by atoms with Gasteiger partial charge in [0.05, 0.1) is 31.2 Å². The lowest BCUT2D eigenvalue weighted by molar-refractivity contribution is -0.137. The van der Waals surface area contributed by atoms with E-state index in [1.165, 1.54) is 35.6 Å². The summed E-state index contributed by atoms with van der Waals surface area (Å²) in [5.74, 6) is -0.0880. The molecule has 0 spiro atoms. The molecule has 2 aromatic heterocycles. The Balaban J connectivity index is 1.63. The number of alkyl halides is 3. The lowest BCUT2D eigenvalue weighted by Crippen LogP contribution is -2.30. The molecule has 2 heterocycles. The van der Waals surface area contributed by atoms with Gasteiger partial charge in [-0.15, -0.1) is 0 Å². The monoisotopic (exact) mass is 505 g/mol. The Morgan fingerprint density at radius 3 is 2.31 bits per heavy atom. The lowest BCUT2D eigenvalue weighted by Gasteiger charge is -2.22. The van der Waals surface area contributed by atoms with Crippen molar-refractivity contribution in [3.8, 4) is 5.75 Å². The minimum absolute atomic E-state index is 0.0429. The van der Waals surface area contributed by atoms with Gasteiger partial charge in [-0.25, -0.2) is 0 Å². The van der Waals surface area contributed by atoms with Crippen LogP contribution in [0.4, 0.5) is 13.2 Å². The molecule has 0 fully saturated rings. The molecule has 0 saturated carbocycles. The van der Waals surface area contributed by atoms with E-state index in [0.29, 0.717) is 17.4 Å². The fourth-order valence-electron chi connectivity index (χ4n) is 3.26. The van der Waals surface area contributed by atoms with E-state index < -0.39 is 32.7 Å². The van der Waals surface area contributed by atoms with Crippen LogP contribution in [0.2, 0.25) is 0 Å². The number of rotatable bonds is 8. The second-order valence-corrected chi connectivity index (χ2v) is 8.93. The van der Waals surface area contributed by atoms with Crippen LogP contribution in [0.15, 0.2) is 99.1 Å². The van der Waals surface area contributed by atoms with Crippen LogP contribution in [-0.2, 0) is 29.4 Å². The third-order valence-electron chi connectivity index (χ3n) is 4.93. The molecule has 7 nitrogen and oxygen atoms in total. The molecule has 0 N–H and O–H groups in total. The first-order valence-electron chi connectivity index (χ1n) is 10.2. The molecule has 4 rings (SSSR count). The van der Waals surface area contributed by atoms with Gasteiger partial charge in [0.2, 0.25) is 0 Å². The standard InChI is InChI=1S/C24H18F3NO6S/c25-24(26,27)18-7-3-9-20(14-18)35(30,31)34-21-10-2-1-6-17(21)15-28(16-19-8-4-12-32-19)23(29)22-11-5-13-33-22/h1-14H,15-16H2. The Bertz CT molecular complexity index is 1400. The molecule has 35 heavy (non-hydrogen) atoms.